The lowest BCUT2D eigenvalue weighted by Gasteiger charge is -2.36. The number of hydrogen-bond donors (Lipinski definition) is 2. The molecule has 0 bridgehead atoms. The summed E-state index contributed by atoms with van der Waals surface area (Å²) in [6.07, 6.45) is 6.30. The summed E-state index contributed by atoms with van der Waals surface area (Å²) in [6.45, 7) is 2.58. The number of carboxylic acids is 1. The molecule has 2 aliphatic rings. The maximum absolute atomic E-state index is 12.6. The van der Waals surface area contributed by atoms with Gasteiger partial charge in [-0.3, -0.25) is 14.4 Å². The fourth-order valence-corrected chi connectivity index (χ4v) is 3.18. The molecule has 0 aromatic rings. The third-order valence-corrected chi connectivity index (χ3v) is 4.21. The van der Waals surface area contributed by atoms with Crippen molar-refractivity contribution < 1.29 is 19.5 Å². The van der Waals surface area contributed by atoms with Crippen LogP contribution >= 0.6 is 0 Å². The second-order valence-corrected chi connectivity index (χ2v) is 5.82. The zero-order valence-electron chi connectivity index (χ0n) is 12.2. The molecule has 0 aromatic carbocycles. The Balaban J connectivity index is 2.02. The first-order valence-electron chi connectivity index (χ1n) is 7.42. The molecule has 116 valence electrons. The average molecular weight is 294 g/mol. The lowest BCUT2D eigenvalue weighted by atomic mass is 9.81. The molecule has 6 nitrogen and oxygen atoms in total. The summed E-state index contributed by atoms with van der Waals surface area (Å²) < 4.78 is 0. The Morgan fingerprint density at radius 3 is 2.48 bits per heavy atom. The van der Waals surface area contributed by atoms with Crippen LogP contribution in [0.15, 0.2) is 12.2 Å². The van der Waals surface area contributed by atoms with E-state index in [1.807, 2.05) is 12.2 Å². The molecule has 0 spiro atoms. The molecule has 1 saturated heterocycles. The SMILES string of the molecule is CC(=O)NC1CCCN(C(=O)C2CC=CCC2C(=O)O)C1. The Kier molecular flexibility index (Phi) is 4.98. The number of hydrogen-bond acceptors (Lipinski definition) is 3. The Bertz CT molecular complexity index is 461. The fourth-order valence-electron chi connectivity index (χ4n) is 3.18. The lowest BCUT2D eigenvalue weighted by Crippen LogP contribution is -2.52. The standard InChI is InChI=1S/C15H22N2O4/c1-10(18)16-11-5-4-8-17(9-11)14(19)12-6-2-3-7-13(12)15(20)21/h2-3,11-13H,4-9H2,1H3,(H,16,18)(H,20,21). The molecular weight excluding hydrogens is 272 g/mol. The van der Waals surface area contributed by atoms with Crippen LogP contribution in [0.4, 0.5) is 0 Å². The van der Waals surface area contributed by atoms with Crippen LogP contribution in [-0.2, 0) is 14.4 Å². The topological polar surface area (TPSA) is 86.7 Å². The second-order valence-electron chi connectivity index (χ2n) is 5.82. The van der Waals surface area contributed by atoms with Gasteiger partial charge in [-0.15, -0.1) is 0 Å². The highest BCUT2D eigenvalue weighted by Gasteiger charge is 2.37. The number of piperidine rings is 1. The van der Waals surface area contributed by atoms with E-state index in [1.165, 1.54) is 6.92 Å². The molecule has 2 amide bonds. The van der Waals surface area contributed by atoms with Gasteiger partial charge in [-0.1, -0.05) is 12.2 Å². The highest BCUT2D eigenvalue weighted by Crippen LogP contribution is 2.28. The summed E-state index contributed by atoms with van der Waals surface area (Å²) >= 11 is 0. The van der Waals surface area contributed by atoms with Crippen molar-refractivity contribution in [3.05, 3.63) is 12.2 Å². The van der Waals surface area contributed by atoms with Crippen molar-refractivity contribution in [3.8, 4) is 0 Å². The third-order valence-electron chi connectivity index (χ3n) is 4.21. The van der Waals surface area contributed by atoms with E-state index in [1.54, 1.807) is 4.90 Å². The van der Waals surface area contributed by atoms with E-state index in [9.17, 15) is 19.5 Å². The summed E-state index contributed by atoms with van der Waals surface area (Å²) in [5, 5.41) is 12.1. The maximum Gasteiger partial charge on any atom is 0.307 e. The van der Waals surface area contributed by atoms with E-state index in [2.05, 4.69) is 5.32 Å². The Labute approximate surface area is 124 Å². The van der Waals surface area contributed by atoms with Gasteiger partial charge in [0.1, 0.15) is 0 Å². The van der Waals surface area contributed by atoms with Crippen molar-refractivity contribution in [2.75, 3.05) is 13.1 Å². The average Bonchev–Trinajstić information content (AvgIpc) is 2.46. The summed E-state index contributed by atoms with van der Waals surface area (Å²) in [5.74, 6) is -2.22. The fraction of sp³-hybridized carbons (Fsp3) is 0.667. The number of nitrogens with one attached hydrogen (secondary N) is 1. The zero-order valence-corrected chi connectivity index (χ0v) is 12.2. The number of aliphatic carboxylic acids is 1. The number of carbonyl (C=O) groups is 3. The normalized spacial score (nSPS) is 29.0. The number of nitrogens with zero attached hydrogens (tertiary/aromatic N) is 1. The minimum absolute atomic E-state index is 0.0254. The van der Waals surface area contributed by atoms with Crippen LogP contribution in [0.3, 0.4) is 0 Å². The zero-order chi connectivity index (χ0) is 15.4. The first-order chi connectivity index (χ1) is 9.99. The minimum Gasteiger partial charge on any atom is -0.481 e. The van der Waals surface area contributed by atoms with Crippen LogP contribution in [0, 0.1) is 11.8 Å². The van der Waals surface area contributed by atoms with E-state index in [0.29, 0.717) is 25.9 Å². The van der Waals surface area contributed by atoms with Crippen molar-refractivity contribution in [2.24, 2.45) is 11.8 Å². The van der Waals surface area contributed by atoms with Crippen LogP contribution in [0.25, 0.3) is 0 Å². The highest BCUT2D eigenvalue weighted by atomic mass is 16.4. The molecule has 1 aliphatic carbocycles. The van der Waals surface area contributed by atoms with E-state index in [0.717, 1.165) is 12.8 Å². The molecule has 6 heteroatoms. The van der Waals surface area contributed by atoms with Gasteiger partial charge in [0.25, 0.3) is 0 Å². The van der Waals surface area contributed by atoms with E-state index in [-0.39, 0.29) is 17.9 Å². The largest absolute Gasteiger partial charge is 0.481 e. The Morgan fingerprint density at radius 1 is 1.19 bits per heavy atom. The van der Waals surface area contributed by atoms with Crippen molar-refractivity contribution in [1.82, 2.24) is 10.2 Å². The van der Waals surface area contributed by atoms with Crippen molar-refractivity contribution in [3.63, 3.8) is 0 Å². The van der Waals surface area contributed by atoms with Gasteiger partial charge in [0.2, 0.25) is 11.8 Å². The Morgan fingerprint density at radius 2 is 1.86 bits per heavy atom. The Hall–Kier alpha value is -1.85. The number of carboxylic acid groups (broad SMARTS) is 1. The van der Waals surface area contributed by atoms with Crippen LogP contribution in [0.5, 0.6) is 0 Å². The van der Waals surface area contributed by atoms with Crippen LogP contribution < -0.4 is 5.32 Å². The molecule has 21 heavy (non-hydrogen) atoms. The van der Waals surface area contributed by atoms with Crippen LogP contribution in [0.2, 0.25) is 0 Å². The molecule has 1 aliphatic heterocycles. The van der Waals surface area contributed by atoms with Crippen molar-refractivity contribution >= 4 is 17.8 Å². The van der Waals surface area contributed by atoms with E-state index >= 15 is 0 Å². The van der Waals surface area contributed by atoms with Gasteiger partial charge in [0, 0.05) is 26.1 Å². The number of rotatable bonds is 3. The predicted molar refractivity (Wildman–Crippen MR) is 76.4 cm³/mol. The molecule has 0 radical (unpaired) electrons. The van der Waals surface area contributed by atoms with Gasteiger partial charge in [-0.2, -0.15) is 0 Å². The van der Waals surface area contributed by atoms with Crippen molar-refractivity contribution in [1.29, 1.82) is 0 Å². The molecule has 3 unspecified atom stereocenters. The molecular formula is C15H22N2O4. The highest BCUT2D eigenvalue weighted by molar-refractivity contribution is 5.85. The first-order valence-corrected chi connectivity index (χ1v) is 7.42. The molecule has 2 N–H and O–H groups in total. The summed E-state index contributed by atoms with van der Waals surface area (Å²) in [6, 6.07) is -0.0254. The summed E-state index contributed by atoms with van der Waals surface area (Å²) in [7, 11) is 0. The van der Waals surface area contributed by atoms with Gasteiger partial charge >= 0.3 is 5.97 Å². The third kappa shape index (κ3) is 3.83. The first kappa shape index (κ1) is 15.5. The number of carbonyl (C=O) groups excluding carboxylic acids is 2. The minimum atomic E-state index is -0.909. The van der Waals surface area contributed by atoms with E-state index in [4.69, 9.17) is 0 Å². The summed E-state index contributed by atoms with van der Waals surface area (Å²) in [4.78, 5) is 36.8. The molecule has 2 rings (SSSR count). The molecule has 1 fully saturated rings. The summed E-state index contributed by atoms with van der Waals surface area (Å²) in [5.41, 5.74) is 0. The molecule has 0 saturated carbocycles. The maximum atomic E-state index is 12.6. The lowest BCUT2D eigenvalue weighted by molar-refractivity contribution is -0.151. The van der Waals surface area contributed by atoms with Crippen LogP contribution in [0.1, 0.15) is 32.6 Å². The molecule has 0 aromatic heterocycles. The molecule has 1 heterocycles. The van der Waals surface area contributed by atoms with Gasteiger partial charge in [-0.25, -0.2) is 0 Å². The number of likely N-dealkylation sites (tertiary alicyclic amines) is 1. The monoisotopic (exact) mass is 294 g/mol. The van der Waals surface area contributed by atoms with E-state index < -0.39 is 17.8 Å². The van der Waals surface area contributed by atoms with Gasteiger partial charge < -0.3 is 15.3 Å². The van der Waals surface area contributed by atoms with Crippen molar-refractivity contribution in [2.45, 2.75) is 38.6 Å². The number of amides is 2. The predicted octanol–water partition coefficient (Wildman–Crippen LogP) is 0.781. The van der Waals surface area contributed by atoms with Crippen LogP contribution in [-0.4, -0.2) is 46.9 Å². The second kappa shape index (κ2) is 6.74. The van der Waals surface area contributed by atoms with Gasteiger partial charge in [0.15, 0.2) is 0 Å². The number of allylic oxidation sites excluding steroid dienone is 2. The quantitative estimate of drug-likeness (QED) is 0.753. The van der Waals surface area contributed by atoms with Gasteiger partial charge in [0.05, 0.1) is 11.8 Å². The smallest absolute Gasteiger partial charge is 0.307 e. The molecule has 3 atom stereocenters. The van der Waals surface area contributed by atoms with Gasteiger partial charge in [-0.05, 0) is 25.7 Å².